The predicted molar refractivity (Wildman–Crippen MR) is 81.9 cm³/mol. The summed E-state index contributed by atoms with van der Waals surface area (Å²) in [6.45, 7) is 4.71. The van der Waals surface area contributed by atoms with E-state index in [1.165, 1.54) is 12.8 Å². The topological polar surface area (TPSA) is 54.2 Å². The molecule has 3 rings (SSSR count). The van der Waals surface area contributed by atoms with Crippen LogP contribution in [0, 0.1) is 0 Å². The zero-order chi connectivity index (χ0) is 14.5. The van der Waals surface area contributed by atoms with Crippen LogP contribution in [0.3, 0.4) is 0 Å². The molecule has 1 saturated carbocycles. The van der Waals surface area contributed by atoms with E-state index in [0.29, 0.717) is 6.04 Å². The molecule has 0 spiro atoms. The van der Waals surface area contributed by atoms with Crippen LogP contribution in [0.4, 0.5) is 5.82 Å². The van der Waals surface area contributed by atoms with E-state index in [-0.39, 0.29) is 0 Å². The van der Waals surface area contributed by atoms with Gasteiger partial charge in [0, 0.05) is 12.6 Å². The zero-order valence-electron chi connectivity index (χ0n) is 12.5. The molecule has 1 aliphatic rings. The molecule has 0 saturated heterocycles. The van der Waals surface area contributed by atoms with Crippen LogP contribution in [0.15, 0.2) is 35.2 Å². The van der Waals surface area contributed by atoms with Crippen LogP contribution in [-0.2, 0) is 13.1 Å². The van der Waals surface area contributed by atoms with Gasteiger partial charge < -0.3 is 14.6 Å². The summed E-state index contributed by atoms with van der Waals surface area (Å²) in [5.74, 6) is 1.91. The third kappa shape index (κ3) is 3.82. The molecule has 112 valence electrons. The Kier molecular flexibility index (Phi) is 4.50. The molecule has 5 heteroatoms. The van der Waals surface area contributed by atoms with E-state index in [4.69, 9.17) is 4.42 Å². The van der Waals surface area contributed by atoms with Gasteiger partial charge in [0.1, 0.15) is 11.6 Å². The lowest BCUT2D eigenvalue weighted by Gasteiger charge is -2.22. The smallest absolute Gasteiger partial charge is 0.147 e. The molecule has 5 nitrogen and oxygen atoms in total. The number of anilines is 1. The Morgan fingerprint density at radius 1 is 1.33 bits per heavy atom. The van der Waals surface area contributed by atoms with Gasteiger partial charge in [-0.3, -0.25) is 4.98 Å². The number of aromatic nitrogens is 2. The number of hydrogen-bond acceptors (Lipinski definition) is 5. The monoisotopic (exact) mass is 286 g/mol. The van der Waals surface area contributed by atoms with Crippen molar-refractivity contribution in [2.75, 3.05) is 11.4 Å². The van der Waals surface area contributed by atoms with Gasteiger partial charge in [-0.2, -0.15) is 0 Å². The predicted octanol–water partition coefficient (Wildman–Crippen LogP) is 2.74. The lowest BCUT2D eigenvalue weighted by molar-refractivity contribution is 0.500. The lowest BCUT2D eigenvalue weighted by Crippen LogP contribution is -2.26. The van der Waals surface area contributed by atoms with Crippen molar-refractivity contribution in [3.8, 4) is 0 Å². The molecule has 0 atom stereocenters. The number of furan rings is 1. The second-order valence-electron chi connectivity index (χ2n) is 5.48. The molecule has 0 amide bonds. The lowest BCUT2D eigenvalue weighted by atomic mass is 10.3. The molecule has 0 unspecified atom stereocenters. The van der Waals surface area contributed by atoms with Crippen molar-refractivity contribution in [2.45, 2.75) is 45.3 Å². The minimum atomic E-state index is 0.577. The maximum Gasteiger partial charge on any atom is 0.147 e. The highest BCUT2D eigenvalue weighted by atomic mass is 16.3. The summed E-state index contributed by atoms with van der Waals surface area (Å²) in [7, 11) is 0. The Bertz CT molecular complexity index is 534. The Balaban J connectivity index is 1.65. The van der Waals surface area contributed by atoms with Crippen molar-refractivity contribution >= 4 is 5.82 Å². The Hall–Kier alpha value is -1.88. The van der Waals surface area contributed by atoms with Gasteiger partial charge in [-0.1, -0.05) is 6.92 Å². The van der Waals surface area contributed by atoms with Crippen LogP contribution < -0.4 is 10.2 Å². The molecule has 0 aliphatic heterocycles. The summed E-state index contributed by atoms with van der Waals surface area (Å²) >= 11 is 0. The molecule has 1 fully saturated rings. The molecule has 0 bridgehead atoms. The maximum absolute atomic E-state index is 5.45. The SMILES string of the molecule is CCCNCc1cnc(N(Cc2ccco2)C2CC2)cn1. The summed E-state index contributed by atoms with van der Waals surface area (Å²) in [4.78, 5) is 11.4. The molecule has 1 N–H and O–H groups in total. The van der Waals surface area contributed by atoms with Gasteiger partial charge in [-0.15, -0.1) is 0 Å². The van der Waals surface area contributed by atoms with Crippen molar-refractivity contribution in [3.63, 3.8) is 0 Å². The van der Waals surface area contributed by atoms with E-state index in [1.54, 1.807) is 6.26 Å². The van der Waals surface area contributed by atoms with Crippen LogP contribution in [0.1, 0.15) is 37.6 Å². The standard InChI is InChI=1S/C16H22N4O/c1-2-7-17-9-13-10-19-16(11-18-13)20(14-5-6-14)12-15-4-3-8-21-15/h3-4,8,10-11,14,17H,2,5-7,9,12H2,1H3. The Labute approximate surface area is 125 Å². The van der Waals surface area contributed by atoms with Gasteiger partial charge in [0.15, 0.2) is 0 Å². The number of rotatable bonds is 8. The second kappa shape index (κ2) is 6.72. The number of nitrogens with zero attached hydrogens (tertiary/aromatic N) is 3. The van der Waals surface area contributed by atoms with Crippen LogP contribution in [0.2, 0.25) is 0 Å². The Morgan fingerprint density at radius 3 is 2.86 bits per heavy atom. The Morgan fingerprint density at radius 2 is 2.24 bits per heavy atom. The second-order valence-corrected chi connectivity index (χ2v) is 5.48. The minimum Gasteiger partial charge on any atom is -0.467 e. The quantitative estimate of drug-likeness (QED) is 0.756. The van der Waals surface area contributed by atoms with E-state index < -0.39 is 0 Å². The molecular formula is C16H22N4O. The van der Waals surface area contributed by atoms with Gasteiger partial charge in [0.05, 0.1) is 30.9 Å². The van der Waals surface area contributed by atoms with Gasteiger partial charge in [-0.25, -0.2) is 4.98 Å². The van der Waals surface area contributed by atoms with Gasteiger partial charge in [-0.05, 0) is 37.9 Å². The summed E-state index contributed by atoms with van der Waals surface area (Å²) in [6.07, 6.45) is 9.04. The molecule has 1 aliphatic carbocycles. The molecule has 21 heavy (non-hydrogen) atoms. The highest BCUT2D eigenvalue weighted by Crippen LogP contribution is 2.31. The molecule has 2 heterocycles. The van der Waals surface area contributed by atoms with Crippen molar-refractivity contribution in [1.29, 1.82) is 0 Å². The molecule has 0 aromatic carbocycles. The normalized spacial score (nSPS) is 14.3. The summed E-state index contributed by atoms with van der Waals surface area (Å²) < 4.78 is 5.45. The summed E-state index contributed by atoms with van der Waals surface area (Å²) in [6, 6.07) is 4.51. The van der Waals surface area contributed by atoms with Crippen LogP contribution >= 0.6 is 0 Å². The van der Waals surface area contributed by atoms with Crippen molar-refractivity contribution < 1.29 is 4.42 Å². The highest BCUT2D eigenvalue weighted by Gasteiger charge is 2.30. The third-order valence-corrected chi connectivity index (χ3v) is 3.61. The van der Waals surface area contributed by atoms with Crippen molar-refractivity contribution in [3.05, 3.63) is 42.2 Å². The average Bonchev–Trinajstić information content (AvgIpc) is 3.23. The summed E-state index contributed by atoms with van der Waals surface area (Å²) in [5, 5.41) is 3.34. The fourth-order valence-corrected chi connectivity index (χ4v) is 2.33. The average molecular weight is 286 g/mol. The number of nitrogens with one attached hydrogen (secondary N) is 1. The van der Waals surface area contributed by atoms with Crippen LogP contribution in [0.25, 0.3) is 0 Å². The molecule has 2 aromatic rings. The van der Waals surface area contributed by atoms with Crippen molar-refractivity contribution in [1.82, 2.24) is 15.3 Å². The highest BCUT2D eigenvalue weighted by molar-refractivity contribution is 5.39. The fraction of sp³-hybridized carbons (Fsp3) is 0.500. The zero-order valence-corrected chi connectivity index (χ0v) is 12.5. The van der Waals surface area contributed by atoms with Gasteiger partial charge in [0.25, 0.3) is 0 Å². The van der Waals surface area contributed by atoms with E-state index in [0.717, 1.165) is 43.3 Å². The molecule has 2 aromatic heterocycles. The largest absolute Gasteiger partial charge is 0.467 e. The van der Waals surface area contributed by atoms with E-state index >= 15 is 0 Å². The summed E-state index contributed by atoms with van der Waals surface area (Å²) in [5.41, 5.74) is 0.987. The van der Waals surface area contributed by atoms with E-state index in [1.807, 2.05) is 24.5 Å². The van der Waals surface area contributed by atoms with Gasteiger partial charge in [0.2, 0.25) is 0 Å². The first kappa shape index (κ1) is 14.1. The van der Waals surface area contributed by atoms with Crippen LogP contribution in [0.5, 0.6) is 0 Å². The van der Waals surface area contributed by atoms with Crippen LogP contribution in [-0.4, -0.2) is 22.6 Å². The van der Waals surface area contributed by atoms with E-state index in [2.05, 4.69) is 27.1 Å². The van der Waals surface area contributed by atoms with E-state index in [9.17, 15) is 0 Å². The molecule has 0 radical (unpaired) electrons. The van der Waals surface area contributed by atoms with Gasteiger partial charge >= 0.3 is 0 Å². The first-order valence-corrected chi connectivity index (χ1v) is 7.67. The minimum absolute atomic E-state index is 0.577. The number of hydrogen-bond donors (Lipinski definition) is 1. The third-order valence-electron chi connectivity index (χ3n) is 3.61. The first-order chi connectivity index (χ1) is 10.4. The molecular weight excluding hydrogens is 264 g/mol. The van der Waals surface area contributed by atoms with Crippen molar-refractivity contribution in [2.24, 2.45) is 0 Å². The first-order valence-electron chi connectivity index (χ1n) is 7.67. The maximum atomic E-state index is 5.45. The fourth-order valence-electron chi connectivity index (χ4n) is 2.33.